The minimum absolute atomic E-state index is 0.195. The lowest BCUT2D eigenvalue weighted by molar-refractivity contribution is -0.130. The van der Waals surface area contributed by atoms with Gasteiger partial charge in [-0.1, -0.05) is 18.2 Å². The highest BCUT2D eigenvalue weighted by atomic mass is 16.6. The number of benzene rings is 1. The highest BCUT2D eigenvalue weighted by Crippen LogP contribution is 2.30. The number of rotatable bonds is 4. The van der Waals surface area contributed by atoms with Crippen molar-refractivity contribution in [1.82, 2.24) is 10.3 Å². The first kappa shape index (κ1) is 15.3. The summed E-state index contributed by atoms with van der Waals surface area (Å²) in [6.45, 7) is 0.569. The summed E-state index contributed by atoms with van der Waals surface area (Å²) < 4.78 is 16.3. The average molecular weight is 336 g/mol. The number of pyridine rings is 1. The number of para-hydroxylation sites is 2. The van der Waals surface area contributed by atoms with Gasteiger partial charge in [0, 0.05) is 18.3 Å². The Balaban J connectivity index is 1.35. The van der Waals surface area contributed by atoms with E-state index >= 15 is 0 Å². The Kier molecular flexibility index (Phi) is 4.08. The molecule has 1 amide bonds. The van der Waals surface area contributed by atoms with E-state index in [4.69, 9.17) is 13.9 Å². The van der Waals surface area contributed by atoms with E-state index in [9.17, 15) is 4.79 Å². The van der Waals surface area contributed by atoms with Gasteiger partial charge in [0.05, 0.1) is 18.2 Å². The molecule has 2 aromatic heterocycles. The summed E-state index contributed by atoms with van der Waals surface area (Å²) in [6, 6.07) is 13.0. The summed E-state index contributed by atoms with van der Waals surface area (Å²) in [4.78, 5) is 16.7. The van der Waals surface area contributed by atoms with Gasteiger partial charge in [-0.3, -0.25) is 9.78 Å². The molecule has 0 fully saturated rings. The van der Waals surface area contributed by atoms with Crippen molar-refractivity contribution in [2.24, 2.45) is 0 Å². The summed E-state index contributed by atoms with van der Waals surface area (Å²) in [5, 5.41) is 2.85. The third kappa shape index (κ3) is 3.33. The average Bonchev–Trinajstić information content (AvgIpc) is 3.21. The van der Waals surface area contributed by atoms with Crippen LogP contribution in [0.5, 0.6) is 11.5 Å². The summed E-state index contributed by atoms with van der Waals surface area (Å²) in [5.74, 6) is 1.03. The molecule has 0 spiro atoms. The van der Waals surface area contributed by atoms with Crippen LogP contribution in [0.3, 0.4) is 0 Å². The van der Waals surface area contributed by atoms with Crippen LogP contribution < -0.4 is 14.8 Å². The fourth-order valence-electron chi connectivity index (χ4n) is 2.56. The standard InChI is InChI=1S/C19H16N2O4/c22-19(18-12-24-16-3-1-2-4-17(16)25-18)21-10-13-5-6-15(20-9-13)14-7-8-23-11-14/h1-9,11,18H,10,12H2,(H,21,22)/t18-/m1/s1. The van der Waals surface area contributed by atoms with Crippen molar-refractivity contribution in [3.63, 3.8) is 0 Å². The number of amides is 1. The molecule has 1 aromatic carbocycles. The van der Waals surface area contributed by atoms with Crippen molar-refractivity contribution in [1.29, 1.82) is 0 Å². The second-order valence-electron chi connectivity index (χ2n) is 5.65. The molecule has 6 heteroatoms. The Labute approximate surface area is 144 Å². The number of furan rings is 1. The second kappa shape index (κ2) is 6.68. The van der Waals surface area contributed by atoms with Crippen molar-refractivity contribution in [2.75, 3.05) is 6.61 Å². The fourth-order valence-corrected chi connectivity index (χ4v) is 2.56. The quantitative estimate of drug-likeness (QED) is 0.793. The Hall–Kier alpha value is -3.28. The van der Waals surface area contributed by atoms with Gasteiger partial charge < -0.3 is 19.2 Å². The molecule has 1 N–H and O–H groups in total. The number of aromatic nitrogens is 1. The maximum atomic E-state index is 12.3. The van der Waals surface area contributed by atoms with Crippen molar-refractivity contribution in [3.8, 4) is 22.8 Å². The van der Waals surface area contributed by atoms with Gasteiger partial charge in [-0.15, -0.1) is 0 Å². The largest absolute Gasteiger partial charge is 0.485 e. The Morgan fingerprint density at radius 1 is 1.16 bits per heavy atom. The maximum Gasteiger partial charge on any atom is 0.264 e. The molecule has 0 aliphatic carbocycles. The monoisotopic (exact) mass is 336 g/mol. The van der Waals surface area contributed by atoms with Crippen molar-refractivity contribution < 1.29 is 18.7 Å². The van der Waals surface area contributed by atoms with E-state index in [0.29, 0.717) is 18.0 Å². The molecule has 1 aliphatic heterocycles. The Morgan fingerprint density at radius 3 is 2.80 bits per heavy atom. The zero-order valence-electron chi connectivity index (χ0n) is 13.3. The molecule has 6 nitrogen and oxygen atoms in total. The molecule has 126 valence electrons. The van der Waals surface area contributed by atoms with E-state index in [0.717, 1.165) is 16.8 Å². The van der Waals surface area contributed by atoms with Gasteiger partial charge in [0.1, 0.15) is 6.61 Å². The summed E-state index contributed by atoms with van der Waals surface area (Å²) in [6.07, 6.45) is 4.32. The van der Waals surface area contributed by atoms with E-state index in [-0.39, 0.29) is 12.5 Å². The van der Waals surface area contributed by atoms with E-state index in [1.165, 1.54) is 0 Å². The minimum Gasteiger partial charge on any atom is -0.485 e. The van der Waals surface area contributed by atoms with Gasteiger partial charge in [-0.2, -0.15) is 0 Å². The van der Waals surface area contributed by atoms with E-state index in [1.807, 2.05) is 36.4 Å². The first-order chi connectivity index (χ1) is 12.3. The lowest BCUT2D eigenvalue weighted by Gasteiger charge is -2.25. The number of hydrogen-bond acceptors (Lipinski definition) is 5. The van der Waals surface area contributed by atoms with Gasteiger partial charge >= 0.3 is 0 Å². The Morgan fingerprint density at radius 2 is 2.04 bits per heavy atom. The number of hydrogen-bond donors (Lipinski definition) is 1. The maximum absolute atomic E-state index is 12.3. The van der Waals surface area contributed by atoms with Gasteiger partial charge in [0.15, 0.2) is 11.5 Å². The van der Waals surface area contributed by atoms with Crippen LogP contribution in [0.25, 0.3) is 11.3 Å². The highest BCUT2D eigenvalue weighted by molar-refractivity contribution is 5.81. The summed E-state index contributed by atoms with van der Waals surface area (Å²) >= 11 is 0. The van der Waals surface area contributed by atoms with E-state index < -0.39 is 6.10 Å². The molecule has 1 atom stereocenters. The molecular weight excluding hydrogens is 320 g/mol. The predicted molar refractivity (Wildman–Crippen MR) is 90.1 cm³/mol. The van der Waals surface area contributed by atoms with Gasteiger partial charge in [-0.05, 0) is 29.8 Å². The van der Waals surface area contributed by atoms with Crippen LogP contribution in [0.4, 0.5) is 0 Å². The topological polar surface area (TPSA) is 73.6 Å². The molecule has 0 radical (unpaired) electrons. The molecule has 4 rings (SSSR count). The van der Waals surface area contributed by atoms with Gasteiger partial charge in [0.2, 0.25) is 6.10 Å². The Bertz CT molecular complexity index is 859. The van der Waals surface area contributed by atoms with Gasteiger partial charge in [0.25, 0.3) is 5.91 Å². The van der Waals surface area contributed by atoms with E-state index in [2.05, 4.69) is 10.3 Å². The number of carbonyl (C=O) groups excluding carboxylic acids is 1. The number of carbonyl (C=O) groups is 1. The van der Waals surface area contributed by atoms with Crippen molar-refractivity contribution >= 4 is 5.91 Å². The van der Waals surface area contributed by atoms with Crippen LogP contribution in [0, 0.1) is 0 Å². The van der Waals surface area contributed by atoms with Crippen LogP contribution in [-0.4, -0.2) is 23.6 Å². The molecule has 0 bridgehead atoms. The summed E-state index contributed by atoms with van der Waals surface area (Å²) in [7, 11) is 0. The van der Waals surface area contributed by atoms with Crippen molar-refractivity contribution in [2.45, 2.75) is 12.6 Å². The smallest absolute Gasteiger partial charge is 0.264 e. The number of fused-ring (bicyclic) bond motifs is 1. The third-order valence-electron chi connectivity index (χ3n) is 3.91. The normalized spacial score (nSPS) is 15.6. The lowest BCUT2D eigenvalue weighted by atomic mass is 10.2. The van der Waals surface area contributed by atoms with Crippen LogP contribution >= 0.6 is 0 Å². The first-order valence-electron chi connectivity index (χ1n) is 7.93. The lowest BCUT2D eigenvalue weighted by Crippen LogP contribution is -2.43. The third-order valence-corrected chi connectivity index (χ3v) is 3.91. The molecule has 3 heterocycles. The number of ether oxygens (including phenoxy) is 2. The van der Waals surface area contributed by atoms with Crippen LogP contribution in [0.15, 0.2) is 65.6 Å². The van der Waals surface area contributed by atoms with Crippen molar-refractivity contribution in [3.05, 3.63) is 66.8 Å². The zero-order chi connectivity index (χ0) is 17.1. The second-order valence-corrected chi connectivity index (χ2v) is 5.65. The van der Waals surface area contributed by atoms with E-state index in [1.54, 1.807) is 24.8 Å². The zero-order valence-corrected chi connectivity index (χ0v) is 13.3. The molecular formula is C19H16N2O4. The van der Waals surface area contributed by atoms with Gasteiger partial charge in [-0.25, -0.2) is 0 Å². The molecule has 0 unspecified atom stereocenters. The SMILES string of the molecule is O=C(NCc1ccc(-c2ccoc2)nc1)[C@H]1COc2ccccc2O1. The molecule has 0 saturated carbocycles. The fraction of sp³-hybridized carbons (Fsp3) is 0.158. The molecule has 3 aromatic rings. The molecule has 1 aliphatic rings. The van der Waals surface area contributed by atoms with Crippen LogP contribution in [0.1, 0.15) is 5.56 Å². The number of nitrogens with one attached hydrogen (secondary N) is 1. The highest BCUT2D eigenvalue weighted by Gasteiger charge is 2.26. The minimum atomic E-state index is -0.659. The molecule has 25 heavy (non-hydrogen) atoms. The number of nitrogens with zero attached hydrogens (tertiary/aromatic N) is 1. The summed E-state index contributed by atoms with van der Waals surface area (Å²) in [5.41, 5.74) is 2.64. The van der Waals surface area contributed by atoms with Crippen LogP contribution in [0.2, 0.25) is 0 Å². The van der Waals surface area contributed by atoms with Crippen LogP contribution in [-0.2, 0) is 11.3 Å². The predicted octanol–water partition coefficient (Wildman–Crippen LogP) is 2.80. The first-order valence-corrected chi connectivity index (χ1v) is 7.93. The molecule has 0 saturated heterocycles.